The van der Waals surface area contributed by atoms with Crippen molar-refractivity contribution in [1.29, 1.82) is 0 Å². The molecule has 1 aliphatic carbocycles. The molecule has 0 saturated carbocycles. The molecule has 0 aliphatic heterocycles. The fraction of sp³-hybridized carbons (Fsp3) is 0.0698. The SMILES string of the molecule is [2H]c1cc([2H])c([2H])c(-c2c([2H])cc(N(c3c([2H])c([2H])cc(-c4c([2H])c([2H])c5c([2H])cc([2H])c6c5c4-c4c([2H])c([2H])cc([2H])c4C6(C([2H])([2H])[2H])C([2H])([2H])[2H])c3[2H])c3c([2H])c([2H])c([2H])c([2H])c3[2H])c([2H])c2[2H])c1[2H]. The van der Waals surface area contributed by atoms with Crippen molar-refractivity contribution in [2.75, 3.05) is 4.90 Å². The van der Waals surface area contributed by atoms with Gasteiger partial charge in [-0.3, -0.25) is 0 Å². The van der Waals surface area contributed by atoms with E-state index in [0.29, 0.717) is 11.0 Å². The van der Waals surface area contributed by atoms with E-state index < -0.39 is 224 Å². The van der Waals surface area contributed by atoms with Gasteiger partial charge in [0, 0.05) is 30.7 Å². The molecule has 0 atom stereocenters. The maximum atomic E-state index is 9.94. The number of rotatable bonds is 5. The largest absolute Gasteiger partial charge is 0.310 e. The van der Waals surface area contributed by atoms with Crippen LogP contribution in [0.4, 0.5) is 17.1 Å². The first-order valence-electron chi connectivity index (χ1n) is 27.1. The Morgan fingerprint density at radius 2 is 1.32 bits per heavy atom. The molecule has 0 spiro atoms. The molecule has 0 saturated heterocycles. The van der Waals surface area contributed by atoms with Gasteiger partial charge in [-0.2, -0.15) is 0 Å². The fourth-order valence-electron chi connectivity index (χ4n) is 5.15. The summed E-state index contributed by atoms with van der Waals surface area (Å²) in [6, 6.07) is -15.7. The minimum atomic E-state index is -3.74. The van der Waals surface area contributed by atoms with Crippen molar-refractivity contribution in [2.24, 2.45) is 0 Å². The van der Waals surface area contributed by atoms with Crippen LogP contribution in [0.2, 0.25) is 0 Å². The molecule has 1 aliphatic rings. The van der Waals surface area contributed by atoms with Gasteiger partial charge >= 0.3 is 0 Å². The van der Waals surface area contributed by atoms with Crippen molar-refractivity contribution in [3.05, 3.63) is 174 Å². The molecule has 0 fully saturated rings. The van der Waals surface area contributed by atoms with E-state index in [-0.39, 0.29) is 0 Å². The third-order valence-electron chi connectivity index (χ3n) is 7.04. The van der Waals surface area contributed by atoms with Crippen LogP contribution in [0.25, 0.3) is 44.2 Å². The van der Waals surface area contributed by atoms with Gasteiger partial charge in [-0.15, -0.1) is 0 Å². The normalized spacial score (nSPS) is 22.5. The first kappa shape index (κ1) is 10.1. The monoisotopic (exact) mass is 591 g/mol. The highest BCUT2D eigenvalue weighted by Gasteiger charge is 2.34. The highest BCUT2D eigenvalue weighted by atomic mass is 15.1. The molecular formula is C43H33N. The predicted octanol–water partition coefficient (Wildman–Crippen LogP) is 11.9. The van der Waals surface area contributed by atoms with Gasteiger partial charge in [0.25, 0.3) is 0 Å². The second-order valence-corrected chi connectivity index (χ2v) is 9.58. The first-order chi connectivity index (χ1) is 33.2. The molecule has 0 amide bonds. The van der Waals surface area contributed by atoms with Crippen molar-refractivity contribution in [2.45, 2.75) is 19.1 Å². The van der Waals surface area contributed by atoms with E-state index >= 15 is 0 Å². The second kappa shape index (κ2) is 10.4. The summed E-state index contributed by atoms with van der Waals surface area (Å²) in [6.07, 6.45) is 0. The summed E-state index contributed by atoms with van der Waals surface area (Å²) < 4.78 is 250. The maximum absolute atomic E-state index is 9.94. The van der Waals surface area contributed by atoms with Crippen molar-refractivity contribution in [3.63, 3.8) is 0 Å². The standard InChI is InChI=1S/C43H33N/c1-43(2)39-21-10-9-20-38(39)42-37(28-25-32-15-12-22-40(43)41(32)42)33-16-11-19-36(29-33)44(34-17-7-4-8-18-34)35-26-23-31(24-27-35)30-13-5-3-6-14-30/h3-29H,1-2H3/i1D3,2D3,4D,5D,6D,7D,8D,9D,11D,13D,14D,15D,17D,18D,19D,20D,21D,22D,23D,24D,25D,26D,28D,29D. The van der Waals surface area contributed by atoms with Crippen LogP contribution in [0.5, 0.6) is 0 Å². The number of anilines is 3. The summed E-state index contributed by atoms with van der Waals surface area (Å²) in [6.45, 7) is -7.47. The lowest BCUT2D eigenvalue weighted by Crippen LogP contribution is -2.23. The Bertz CT molecular complexity index is 3520. The second-order valence-electron chi connectivity index (χ2n) is 9.58. The number of hydrogen-bond donors (Lipinski definition) is 0. The average Bonchev–Trinajstić information content (AvgIpc) is 3.28. The molecule has 7 aromatic rings. The molecule has 0 radical (unpaired) electrons. The molecule has 8 rings (SSSR count). The van der Waals surface area contributed by atoms with Crippen LogP contribution < -0.4 is 4.90 Å². The Labute approximate surface area is 299 Å². The lowest BCUT2D eigenvalue weighted by atomic mass is 9.67. The molecule has 0 bridgehead atoms. The third-order valence-corrected chi connectivity index (χ3v) is 7.04. The number of nitrogens with zero attached hydrogens (tertiary/aromatic N) is 1. The highest BCUT2D eigenvalue weighted by Crippen LogP contribution is 2.52. The molecule has 1 nitrogen and oxygen atoms in total. The molecule has 7 aromatic carbocycles. The summed E-state index contributed by atoms with van der Waals surface area (Å²) >= 11 is 0. The molecule has 0 N–H and O–H groups in total. The number of benzene rings is 7. The summed E-state index contributed by atoms with van der Waals surface area (Å²) in [5.74, 6) is 0. The van der Waals surface area contributed by atoms with Gasteiger partial charge in [0.2, 0.25) is 0 Å². The van der Waals surface area contributed by atoms with Crippen LogP contribution in [0.3, 0.4) is 0 Å². The third kappa shape index (κ3) is 4.24. The Morgan fingerprint density at radius 1 is 0.523 bits per heavy atom. The maximum Gasteiger partial charge on any atom is 0.0651 e. The minimum absolute atomic E-state index is 0.531. The number of fused-ring (bicyclic) bond motifs is 2. The molecule has 1 heteroatoms. The molecule has 210 valence electrons. The van der Waals surface area contributed by atoms with Gasteiger partial charge in [0.05, 0.1) is 30.2 Å². The van der Waals surface area contributed by atoms with E-state index in [2.05, 4.69) is 0 Å². The molecule has 0 heterocycles. The summed E-state index contributed by atoms with van der Waals surface area (Å²) in [5.41, 5.74) is -12.0. The zero-order valence-electron chi connectivity index (χ0n) is 50.3. The summed E-state index contributed by atoms with van der Waals surface area (Å²) in [4.78, 5) is 0.531. The van der Waals surface area contributed by atoms with Crippen LogP contribution in [0.15, 0.2) is 163 Å². The van der Waals surface area contributed by atoms with Crippen LogP contribution >= 0.6 is 0 Å². The zero-order valence-corrected chi connectivity index (χ0v) is 22.3. The number of hydrogen-bond acceptors (Lipinski definition) is 1. The van der Waals surface area contributed by atoms with Crippen LogP contribution in [0.1, 0.15) is 63.2 Å². The predicted molar refractivity (Wildman–Crippen MR) is 187 cm³/mol. The van der Waals surface area contributed by atoms with Crippen LogP contribution in [-0.2, 0) is 5.41 Å². The van der Waals surface area contributed by atoms with E-state index in [4.69, 9.17) is 28.8 Å². The van der Waals surface area contributed by atoms with Gasteiger partial charge in [-0.1, -0.05) is 141 Å². The van der Waals surface area contributed by atoms with Crippen molar-refractivity contribution >= 4 is 27.8 Å². The Kier molecular flexibility index (Phi) is 2.38. The van der Waals surface area contributed by atoms with Crippen molar-refractivity contribution < 1.29 is 38.4 Å². The van der Waals surface area contributed by atoms with Gasteiger partial charge in [0.1, 0.15) is 0 Å². The van der Waals surface area contributed by atoms with Gasteiger partial charge in [0.15, 0.2) is 0 Å². The fourth-order valence-corrected chi connectivity index (χ4v) is 5.15. The van der Waals surface area contributed by atoms with E-state index in [1.807, 2.05) is 0 Å². The van der Waals surface area contributed by atoms with Crippen molar-refractivity contribution in [3.8, 4) is 33.4 Å². The average molecular weight is 592 g/mol. The zero-order chi connectivity index (χ0) is 53.8. The minimum Gasteiger partial charge on any atom is -0.310 e. The molecular weight excluding hydrogens is 530 g/mol. The Hall–Kier alpha value is -5.40. The van der Waals surface area contributed by atoms with Crippen LogP contribution in [-0.4, -0.2) is 0 Å². The molecule has 0 aromatic heterocycles. The van der Waals surface area contributed by atoms with Gasteiger partial charge < -0.3 is 4.90 Å². The first-order valence-corrected chi connectivity index (χ1v) is 13.1. The van der Waals surface area contributed by atoms with E-state index in [1.165, 1.54) is 0 Å². The summed E-state index contributed by atoms with van der Waals surface area (Å²) in [5, 5.41) is -1.29. The Morgan fingerprint density at radius 3 is 2.18 bits per heavy atom. The van der Waals surface area contributed by atoms with Crippen LogP contribution in [0, 0.1) is 0 Å². The van der Waals surface area contributed by atoms with E-state index in [9.17, 15) is 9.60 Å². The smallest absolute Gasteiger partial charge is 0.0651 e. The topological polar surface area (TPSA) is 3.24 Å². The summed E-state index contributed by atoms with van der Waals surface area (Å²) in [7, 11) is 0. The van der Waals surface area contributed by atoms with Gasteiger partial charge in [-0.05, 0) is 91.6 Å². The van der Waals surface area contributed by atoms with E-state index in [0.717, 1.165) is 24.3 Å². The molecule has 44 heavy (non-hydrogen) atoms. The lowest BCUT2D eigenvalue weighted by Gasteiger charge is -2.36. The molecule has 0 unspecified atom stereocenters. The quantitative estimate of drug-likeness (QED) is 0.192. The highest BCUT2D eigenvalue weighted by molar-refractivity contribution is 6.09. The van der Waals surface area contributed by atoms with Crippen molar-refractivity contribution in [1.82, 2.24) is 0 Å². The lowest BCUT2D eigenvalue weighted by molar-refractivity contribution is 0.645. The Balaban J connectivity index is 1.63. The van der Waals surface area contributed by atoms with Gasteiger partial charge in [-0.25, -0.2) is 0 Å². The van der Waals surface area contributed by atoms with E-state index in [1.54, 1.807) is 0 Å². The number of para-hydroxylation sites is 1.